The van der Waals surface area contributed by atoms with E-state index in [4.69, 9.17) is 23.2 Å². The van der Waals surface area contributed by atoms with Crippen LogP contribution in [0.1, 0.15) is 25.3 Å². The van der Waals surface area contributed by atoms with E-state index in [1.54, 1.807) is 30.3 Å². The first kappa shape index (κ1) is 18.2. The average Bonchev–Trinajstić information content (AvgIpc) is 3.41. The van der Waals surface area contributed by atoms with E-state index in [0.717, 1.165) is 18.4 Å². The summed E-state index contributed by atoms with van der Waals surface area (Å²) in [5.41, 5.74) is 1.58. The van der Waals surface area contributed by atoms with Gasteiger partial charge >= 0.3 is 0 Å². The molecule has 2 aromatic rings. The molecule has 1 amide bonds. The standard InChI is InChI=1S/C19H19Cl2FN2O/c1-12(19(25)23-18-9-4-14(20)10-17(18)21)24(16-7-8-16)11-13-2-5-15(22)6-3-13/h2-6,9-10,12,16H,7-8,11H2,1H3,(H,23,25)/p+1/t12-/m1/s1. The second-order valence-electron chi connectivity index (χ2n) is 6.49. The van der Waals surface area contributed by atoms with Gasteiger partial charge in [0.15, 0.2) is 6.04 Å². The molecule has 0 aliphatic heterocycles. The molecule has 1 aliphatic carbocycles. The Kier molecular flexibility index (Phi) is 5.62. The molecule has 3 rings (SSSR count). The normalized spacial score (nSPS) is 16.3. The van der Waals surface area contributed by atoms with E-state index in [1.165, 1.54) is 17.0 Å². The first-order valence-electron chi connectivity index (χ1n) is 8.30. The number of nitrogens with one attached hydrogen (secondary N) is 2. The van der Waals surface area contributed by atoms with Crippen LogP contribution in [-0.4, -0.2) is 18.0 Å². The van der Waals surface area contributed by atoms with Crippen LogP contribution in [0.25, 0.3) is 0 Å². The first-order valence-corrected chi connectivity index (χ1v) is 9.05. The molecule has 2 aromatic carbocycles. The molecule has 2 N–H and O–H groups in total. The Labute approximate surface area is 156 Å². The average molecular weight is 382 g/mol. The van der Waals surface area contributed by atoms with Gasteiger partial charge in [0.1, 0.15) is 12.4 Å². The fourth-order valence-corrected chi connectivity index (χ4v) is 3.40. The minimum atomic E-state index is -0.250. The van der Waals surface area contributed by atoms with E-state index < -0.39 is 0 Å². The lowest BCUT2D eigenvalue weighted by Crippen LogP contribution is -3.16. The van der Waals surface area contributed by atoms with Gasteiger partial charge in [-0.05, 0) is 37.3 Å². The van der Waals surface area contributed by atoms with Crippen molar-refractivity contribution in [1.82, 2.24) is 0 Å². The molecule has 3 nitrogen and oxygen atoms in total. The van der Waals surface area contributed by atoms with Crippen molar-refractivity contribution in [3.63, 3.8) is 0 Å². The highest BCUT2D eigenvalue weighted by Crippen LogP contribution is 2.25. The van der Waals surface area contributed by atoms with E-state index in [2.05, 4.69) is 5.32 Å². The molecule has 0 bridgehead atoms. The van der Waals surface area contributed by atoms with Gasteiger partial charge in [0.2, 0.25) is 0 Å². The van der Waals surface area contributed by atoms with Crippen LogP contribution in [0.5, 0.6) is 0 Å². The zero-order valence-electron chi connectivity index (χ0n) is 13.9. The fraction of sp³-hybridized carbons (Fsp3) is 0.316. The van der Waals surface area contributed by atoms with Gasteiger partial charge in [0.05, 0.1) is 16.8 Å². The molecule has 0 saturated heterocycles. The molecule has 25 heavy (non-hydrogen) atoms. The summed E-state index contributed by atoms with van der Waals surface area (Å²) in [4.78, 5) is 13.9. The summed E-state index contributed by atoms with van der Waals surface area (Å²) in [5.74, 6) is -0.340. The van der Waals surface area contributed by atoms with E-state index in [-0.39, 0.29) is 17.8 Å². The molecule has 0 spiro atoms. The van der Waals surface area contributed by atoms with Gasteiger partial charge in [-0.1, -0.05) is 35.3 Å². The Bertz CT molecular complexity index is 763. The summed E-state index contributed by atoms with van der Waals surface area (Å²) in [6, 6.07) is 11.7. The topological polar surface area (TPSA) is 33.5 Å². The molecular formula is C19H20Cl2FN2O+. The van der Waals surface area contributed by atoms with Crippen LogP contribution in [0.3, 0.4) is 0 Å². The number of halogens is 3. The molecule has 132 valence electrons. The van der Waals surface area contributed by atoms with Crippen molar-refractivity contribution in [2.24, 2.45) is 0 Å². The lowest BCUT2D eigenvalue weighted by molar-refractivity contribution is -0.938. The van der Waals surface area contributed by atoms with E-state index in [0.29, 0.717) is 28.3 Å². The van der Waals surface area contributed by atoms with Crippen LogP contribution in [0.15, 0.2) is 42.5 Å². The minimum Gasteiger partial charge on any atom is -0.320 e. The number of anilines is 1. The predicted molar refractivity (Wildman–Crippen MR) is 98.6 cm³/mol. The first-order chi connectivity index (χ1) is 11.9. The quantitative estimate of drug-likeness (QED) is 0.785. The van der Waals surface area contributed by atoms with Crippen molar-refractivity contribution in [2.45, 2.75) is 38.4 Å². The SMILES string of the molecule is C[C@H](C(=O)Nc1ccc(Cl)cc1Cl)[NH+](Cc1ccc(F)cc1)C1CC1. The van der Waals surface area contributed by atoms with Crippen molar-refractivity contribution in [3.05, 3.63) is 63.9 Å². The van der Waals surface area contributed by atoms with Crippen LogP contribution in [0.4, 0.5) is 10.1 Å². The van der Waals surface area contributed by atoms with Crippen molar-refractivity contribution in [3.8, 4) is 0 Å². The van der Waals surface area contributed by atoms with Gasteiger partial charge in [0.25, 0.3) is 5.91 Å². The molecule has 6 heteroatoms. The summed E-state index contributed by atoms with van der Waals surface area (Å²) in [5, 5.41) is 3.83. The van der Waals surface area contributed by atoms with Gasteiger partial charge in [-0.3, -0.25) is 4.79 Å². The molecule has 0 aromatic heterocycles. The highest BCUT2D eigenvalue weighted by atomic mass is 35.5. The molecule has 1 fully saturated rings. The molecule has 2 atom stereocenters. The third kappa shape index (κ3) is 4.72. The molecule has 1 saturated carbocycles. The minimum absolute atomic E-state index is 0.0896. The third-order valence-electron chi connectivity index (χ3n) is 4.56. The number of carbonyl (C=O) groups is 1. The maximum absolute atomic E-state index is 13.1. The smallest absolute Gasteiger partial charge is 0.282 e. The van der Waals surface area contributed by atoms with Crippen molar-refractivity contribution < 1.29 is 14.1 Å². The molecular weight excluding hydrogens is 362 g/mol. The van der Waals surface area contributed by atoms with Gasteiger partial charge in [-0.2, -0.15) is 0 Å². The van der Waals surface area contributed by atoms with Gasteiger partial charge < -0.3 is 10.2 Å². The Hall–Kier alpha value is -1.62. The van der Waals surface area contributed by atoms with Crippen molar-refractivity contribution >= 4 is 34.8 Å². The zero-order valence-corrected chi connectivity index (χ0v) is 15.4. The summed E-state index contributed by atoms with van der Waals surface area (Å²) in [6.07, 6.45) is 2.21. The van der Waals surface area contributed by atoms with E-state index in [9.17, 15) is 9.18 Å². The maximum Gasteiger partial charge on any atom is 0.282 e. The zero-order chi connectivity index (χ0) is 18.0. The van der Waals surface area contributed by atoms with Crippen molar-refractivity contribution in [1.29, 1.82) is 0 Å². The largest absolute Gasteiger partial charge is 0.320 e. The van der Waals surface area contributed by atoms with Crippen LogP contribution in [0, 0.1) is 5.82 Å². The van der Waals surface area contributed by atoms with Gasteiger partial charge in [0, 0.05) is 23.4 Å². The second kappa shape index (κ2) is 7.73. The highest BCUT2D eigenvalue weighted by molar-refractivity contribution is 6.36. The number of amides is 1. The monoisotopic (exact) mass is 381 g/mol. The van der Waals surface area contributed by atoms with Gasteiger partial charge in [-0.15, -0.1) is 0 Å². The number of hydrogen-bond donors (Lipinski definition) is 2. The Morgan fingerprint density at radius 2 is 1.92 bits per heavy atom. The molecule has 1 unspecified atom stereocenters. The van der Waals surface area contributed by atoms with E-state index >= 15 is 0 Å². The number of hydrogen-bond acceptors (Lipinski definition) is 1. The number of carbonyl (C=O) groups excluding carboxylic acids is 1. The van der Waals surface area contributed by atoms with Crippen LogP contribution in [0.2, 0.25) is 10.0 Å². The number of rotatable bonds is 6. The van der Waals surface area contributed by atoms with Gasteiger partial charge in [-0.25, -0.2) is 4.39 Å². The lowest BCUT2D eigenvalue weighted by Gasteiger charge is -2.25. The highest BCUT2D eigenvalue weighted by Gasteiger charge is 2.39. The molecule has 0 radical (unpaired) electrons. The van der Waals surface area contributed by atoms with E-state index in [1.807, 2.05) is 6.92 Å². The molecule has 1 aliphatic rings. The summed E-state index contributed by atoms with van der Waals surface area (Å²) in [6.45, 7) is 2.60. The Balaban J connectivity index is 1.70. The third-order valence-corrected chi connectivity index (χ3v) is 5.11. The predicted octanol–water partition coefficient (Wildman–Crippen LogP) is 3.71. The second-order valence-corrected chi connectivity index (χ2v) is 7.33. The van der Waals surface area contributed by atoms with Crippen molar-refractivity contribution in [2.75, 3.05) is 5.32 Å². The Morgan fingerprint density at radius 3 is 2.52 bits per heavy atom. The van der Waals surface area contributed by atoms with Crippen LogP contribution < -0.4 is 10.2 Å². The van der Waals surface area contributed by atoms with Crippen LogP contribution in [-0.2, 0) is 11.3 Å². The Morgan fingerprint density at radius 1 is 1.24 bits per heavy atom. The lowest BCUT2D eigenvalue weighted by atomic mass is 10.1. The number of quaternary nitrogens is 1. The summed E-state index contributed by atoms with van der Waals surface area (Å²) in [7, 11) is 0. The number of benzene rings is 2. The molecule has 0 heterocycles. The fourth-order valence-electron chi connectivity index (χ4n) is 2.94. The summed E-state index contributed by atoms with van der Waals surface area (Å²) >= 11 is 12.0. The maximum atomic E-state index is 13.1. The summed E-state index contributed by atoms with van der Waals surface area (Å²) < 4.78 is 13.1. The van der Waals surface area contributed by atoms with Crippen LogP contribution >= 0.6 is 23.2 Å².